The molecule has 1 amide bonds. The first-order valence-electron chi connectivity index (χ1n) is 7.43. The van der Waals surface area contributed by atoms with Gasteiger partial charge >= 0.3 is 11.7 Å². The molecule has 0 saturated carbocycles. The molecule has 2 N–H and O–H groups in total. The van der Waals surface area contributed by atoms with E-state index in [0.717, 1.165) is 15.2 Å². The molecule has 2 rings (SSSR count). The van der Waals surface area contributed by atoms with Crippen molar-refractivity contribution in [3.8, 4) is 11.5 Å². The lowest BCUT2D eigenvalue weighted by Gasteiger charge is -2.11. The highest BCUT2D eigenvalue weighted by molar-refractivity contribution is 5.92. The van der Waals surface area contributed by atoms with Crippen LogP contribution in [0.3, 0.4) is 0 Å². The summed E-state index contributed by atoms with van der Waals surface area (Å²) in [5.74, 6) is -1.62. The fraction of sp³-hybridized carbons (Fsp3) is 0.250. The number of nitrogens with zero attached hydrogens (tertiary/aromatic N) is 2. The highest BCUT2D eigenvalue weighted by Gasteiger charge is 2.12. The largest absolute Gasteiger partial charge is 0.504 e. The summed E-state index contributed by atoms with van der Waals surface area (Å²) in [6.45, 7) is -1.14. The molecule has 2 aromatic rings. The van der Waals surface area contributed by atoms with Crippen LogP contribution in [0.4, 0.5) is 5.82 Å². The topological polar surface area (TPSA) is 129 Å². The number of carbonyl (C=O) groups is 2. The first-order valence-corrected chi connectivity index (χ1v) is 7.43. The van der Waals surface area contributed by atoms with Crippen LogP contribution in [-0.2, 0) is 28.4 Å². The second-order valence-electron chi connectivity index (χ2n) is 5.23. The first-order chi connectivity index (χ1) is 12.3. The molecule has 0 atom stereocenters. The number of aromatic nitrogens is 2. The molecule has 1 aromatic heterocycles. The van der Waals surface area contributed by atoms with Crippen molar-refractivity contribution in [2.45, 2.75) is 0 Å². The van der Waals surface area contributed by atoms with Crippen molar-refractivity contribution < 1.29 is 24.2 Å². The summed E-state index contributed by atoms with van der Waals surface area (Å²) >= 11 is 0. The van der Waals surface area contributed by atoms with Crippen LogP contribution in [0.15, 0.2) is 39.9 Å². The van der Waals surface area contributed by atoms with Crippen molar-refractivity contribution in [3.63, 3.8) is 0 Å². The van der Waals surface area contributed by atoms with Crippen LogP contribution >= 0.6 is 0 Å². The molecule has 0 unspecified atom stereocenters. The lowest BCUT2D eigenvalue weighted by molar-refractivity contribution is -0.149. The zero-order chi connectivity index (χ0) is 19.3. The molecule has 10 heteroatoms. The number of amides is 1. The van der Waals surface area contributed by atoms with Crippen LogP contribution in [-0.4, -0.2) is 39.3 Å². The van der Waals surface area contributed by atoms with E-state index in [9.17, 15) is 24.3 Å². The quantitative estimate of drug-likeness (QED) is 0.653. The average molecular weight is 363 g/mol. The number of phenolic OH excluding ortho intramolecular Hbond substituents is 1. The van der Waals surface area contributed by atoms with Gasteiger partial charge in [0.25, 0.3) is 11.5 Å². The van der Waals surface area contributed by atoms with Crippen LogP contribution in [0.2, 0.25) is 0 Å². The maximum absolute atomic E-state index is 11.8. The number of ether oxygens (including phenoxy) is 2. The Morgan fingerprint density at radius 3 is 2.50 bits per heavy atom. The zero-order valence-corrected chi connectivity index (χ0v) is 14.1. The predicted molar refractivity (Wildman–Crippen MR) is 90.1 cm³/mol. The molecular formula is C16H17N3O7. The fourth-order valence-electron chi connectivity index (χ4n) is 1.94. The van der Waals surface area contributed by atoms with Gasteiger partial charge in [-0.25, -0.2) is 9.59 Å². The number of hydrogen-bond acceptors (Lipinski definition) is 7. The van der Waals surface area contributed by atoms with E-state index in [1.807, 2.05) is 0 Å². The molecule has 10 nitrogen and oxygen atoms in total. The summed E-state index contributed by atoms with van der Waals surface area (Å²) < 4.78 is 11.8. The number of carbonyl (C=O) groups excluding carboxylic acids is 2. The highest BCUT2D eigenvalue weighted by atomic mass is 16.6. The predicted octanol–water partition coefficient (Wildman–Crippen LogP) is -0.650. The van der Waals surface area contributed by atoms with Gasteiger partial charge in [0.1, 0.15) is 5.82 Å². The molecular weight excluding hydrogens is 346 g/mol. The van der Waals surface area contributed by atoms with Gasteiger partial charge in [-0.05, 0) is 12.1 Å². The van der Waals surface area contributed by atoms with Gasteiger partial charge < -0.3 is 19.9 Å². The minimum Gasteiger partial charge on any atom is -0.504 e. The Bertz CT molecular complexity index is 946. The van der Waals surface area contributed by atoms with Crippen molar-refractivity contribution in [1.82, 2.24) is 9.13 Å². The lowest BCUT2D eigenvalue weighted by Crippen LogP contribution is -2.38. The van der Waals surface area contributed by atoms with Gasteiger partial charge in [0.15, 0.2) is 24.7 Å². The van der Waals surface area contributed by atoms with E-state index in [4.69, 9.17) is 9.47 Å². The molecule has 1 aromatic carbocycles. The second-order valence-corrected chi connectivity index (χ2v) is 5.23. The maximum atomic E-state index is 11.8. The Morgan fingerprint density at radius 1 is 1.12 bits per heavy atom. The summed E-state index contributed by atoms with van der Waals surface area (Å²) in [6.07, 6.45) is 0. The van der Waals surface area contributed by atoms with Crippen LogP contribution in [0.1, 0.15) is 0 Å². The van der Waals surface area contributed by atoms with Gasteiger partial charge in [0.05, 0.1) is 0 Å². The molecule has 0 bridgehead atoms. The van der Waals surface area contributed by atoms with Gasteiger partial charge in [-0.15, -0.1) is 0 Å². The summed E-state index contributed by atoms with van der Waals surface area (Å²) in [5, 5.41) is 11.8. The maximum Gasteiger partial charge on any atom is 0.344 e. The van der Waals surface area contributed by atoms with Gasteiger partial charge in [-0.1, -0.05) is 12.1 Å². The third-order valence-corrected chi connectivity index (χ3v) is 3.37. The molecule has 0 spiro atoms. The number of esters is 1. The fourth-order valence-corrected chi connectivity index (χ4v) is 1.94. The normalized spacial score (nSPS) is 10.2. The van der Waals surface area contributed by atoms with E-state index in [2.05, 4.69) is 5.32 Å². The van der Waals surface area contributed by atoms with Crippen LogP contribution in [0, 0.1) is 0 Å². The monoisotopic (exact) mass is 363 g/mol. The van der Waals surface area contributed by atoms with E-state index in [0.29, 0.717) is 0 Å². The smallest absolute Gasteiger partial charge is 0.344 e. The SMILES string of the molecule is Cn1c(NC(=O)COC(=O)COc2ccccc2O)cc(=O)n(C)c1=O. The average Bonchev–Trinajstić information content (AvgIpc) is 2.62. The molecule has 0 radical (unpaired) electrons. The van der Waals surface area contributed by atoms with Crippen LogP contribution < -0.4 is 21.3 Å². The lowest BCUT2D eigenvalue weighted by atomic mass is 10.3. The van der Waals surface area contributed by atoms with Crippen molar-refractivity contribution in [1.29, 1.82) is 0 Å². The standard InChI is InChI=1S/C16H17N3O7/c1-18-12(7-14(22)19(2)16(18)24)17-13(21)8-26-15(23)9-25-11-6-4-3-5-10(11)20/h3-7,20H,8-9H2,1-2H3,(H,17,21). The summed E-state index contributed by atoms with van der Waals surface area (Å²) in [6, 6.07) is 7.13. The number of phenols is 1. The summed E-state index contributed by atoms with van der Waals surface area (Å²) in [7, 11) is 2.69. The number of benzene rings is 1. The second kappa shape index (κ2) is 8.01. The van der Waals surface area contributed by atoms with Gasteiger partial charge in [0, 0.05) is 20.2 Å². The highest BCUT2D eigenvalue weighted by Crippen LogP contribution is 2.24. The molecule has 0 aliphatic carbocycles. The van der Waals surface area contributed by atoms with E-state index in [1.165, 1.54) is 26.2 Å². The Morgan fingerprint density at radius 2 is 1.81 bits per heavy atom. The number of aromatic hydroxyl groups is 1. The summed E-state index contributed by atoms with van der Waals surface area (Å²) in [4.78, 5) is 46.7. The Kier molecular flexibility index (Phi) is 5.78. The number of hydrogen-bond donors (Lipinski definition) is 2. The molecule has 0 aliphatic rings. The Balaban J connectivity index is 1.87. The molecule has 138 valence electrons. The van der Waals surface area contributed by atoms with Crippen molar-refractivity contribution >= 4 is 17.7 Å². The molecule has 0 aliphatic heterocycles. The van der Waals surface area contributed by atoms with Gasteiger partial charge in [-0.3, -0.25) is 18.7 Å². The molecule has 0 fully saturated rings. The minimum atomic E-state index is -0.832. The van der Waals surface area contributed by atoms with E-state index in [1.54, 1.807) is 12.1 Å². The van der Waals surface area contributed by atoms with Gasteiger partial charge in [-0.2, -0.15) is 0 Å². The van der Waals surface area contributed by atoms with E-state index in [-0.39, 0.29) is 17.3 Å². The van der Waals surface area contributed by atoms with E-state index < -0.39 is 36.3 Å². The van der Waals surface area contributed by atoms with E-state index >= 15 is 0 Å². The molecule has 26 heavy (non-hydrogen) atoms. The molecule has 0 saturated heterocycles. The number of para-hydroxylation sites is 2. The first kappa shape index (κ1) is 18.8. The summed E-state index contributed by atoms with van der Waals surface area (Å²) in [5.41, 5.74) is -1.20. The van der Waals surface area contributed by atoms with Crippen LogP contribution in [0.25, 0.3) is 0 Å². The van der Waals surface area contributed by atoms with Crippen molar-refractivity contribution in [2.75, 3.05) is 18.5 Å². The molecule has 1 heterocycles. The third kappa shape index (κ3) is 4.50. The Hall–Kier alpha value is -3.56. The number of nitrogens with one attached hydrogen (secondary N) is 1. The van der Waals surface area contributed by atoms with Crippen molar-refractivity contribution in [3.05, 3.63) is 51.2 Å². The number of anilines is 1. The number of rotatable bonds is 6. The zero-order valence-electron chi connectivity index (χ0n) is 14.1. The minimum absolute atomic E-state index is 0.0235. The van der Waals surface area contributed by atoms with Crippen LogP contribution in [0.5, 0.6) is 11.5 Å². The third-order valence-electron chi connectivity index (χ3n) is 3.37. The van der Waals surface area contributed by atoms with Gasteiger partial charge in [0.2, 0.25) is 0 Å². The van der Waals surface area contributed by atoms with Crippen molar-refractivity contribution in [2.24, 2.45) is 14.1 Å². The Labute approximate surface area is 147 Å².